The molecule has 110 valence electrons. The van der Waals surface area contributed by atoms with Crippen molar-refractivity contribution in [2.24, 2.45) is 0 Å². The van der Waals surface area contributed by atoms with Crippen molar-refractivity contribution in [3.63, 3.8) is 0 Å². The van der Waals surface area contributed by atoms with Crippen LogP contribution < -0.4 is 10.6 Å². The third-order valence-electron chi connectivity index (χ3n) is 3.01. The molecule has 0 aliphatic rings. The molecule has 0 saturated heterocycles. The Morgan fingerprint density at radius 3 is 2.33 bits per heavy atom. The molecule has 0 aliphatic heterocycles. The van der Waals surface area contributed by atoms with Crippen LogP contribution in [-0.4, -0.2) is 19.7 Å². The van der Waals surface area contributed by atoms with E-state index in [0.717, 1.165) is 0 Å². The molecule has 0 fully saturated rings. The van der Waals surface area contributed by atoms with Gasteiger partial charge in [0.05, 0.1) is 19.3 Å². The molecule has 0 amide bonds. The largest absolute Gasteiger partial charge is 0.465 e. The average molecular weight is 304 g/mol. The van der Waals surface area contributed by atoms with E-state index in [1.165, 1.54) is 7.11 Å². The molecule has 0 bridgehead atoms. The van der Waals surface area contributed by atoms with Crippen LogP contribution in [0.4, 0.5) is 0 Å². The minimum atomic E-state index is -3.21. The number of carbonyl (C=O) groups excluding carboxylic acids is 1. The SMILES string of the molecule is CCOP(=O)(c1ccccc1)c1cccc(C(=O)OC)c1. The quantitative estimate of drug-likeness (QED) is 0.629. The fraction of sp³-hybridized carbons (Fsp3) is 0.188. The first-order chi connectivity index (χ1) is 10.1. The van der Waals surface area contributed by atoms with Crippen LogP contribution in [-0.2, 0) is 13.8 Å². The van der Waals surface area contributed by atoms with Crippen LogP contribution in [0, 0.1) is 0 Å². The number of rotatable bonds is 5. The summed E-state index contributed by atoms with van der Waals surface area (Å²) >= 11 is 0. The number of hydrogen-bond donors (Lipinski definition) is 0. The molecule has 0 aliphatic carbocycles. The molecule has 21 heavy (non-hydrogen) atoms. The van der Waals surface area contributed by atoms with Crippen molar-refractivity contribution in [2.75, 3.05) is 13.7 Å². The molecule has 0 heterocycles. The van der Waals surface area contributed by atoms with Gasteiger partial charge in [0.1, 0.15) is 0 Å². The summed E-state index contributed by atoms with van der Waals surface area (Å²) in [4.78, 5) is 11.6. The van der Waals surface area contributed by atoms with Gasteiger partial charge in [0.15, 0.2) is 0 Å². The average Bonchev–Trinajstić information content (AvgIpc) is 2.55. The first-order valence-corrected chi connectivity index (χ1v) is 8.23. The van der Waals surface area contributed by atoms with Gasteiger partial charge < -0.3 is 9.26 Å². The highest BCUT2D eigenvalue weighted by Gasteiger charge is 2.28. The van der Waals surface area contributed by atoms with Gasteiger partial charge in [0.25, 0.3) is 7.37 Å². The number of carbonyl (C=O) groups is 1. The molecule has 4 nitrogen and oxygen atoms in total. The number of hydrogen-bond acceptors (Lipinski definition) is 4. The van der Waals surface area contributed by atoms with E-state index in [-0.39, 0.29) is 0 Å². The van der Waals surface area contributed by atoms with Gasteiger partial charge in [-0.2, -0.15) is 0 Å². The van der Waals surface area contributed by atoms with Crippen molar-refractivity contribution < 1.29 is 18.6 Å². The third kappa shape index (κ3) is 3.23. The van der Waals surface area contributed by atoms with Crippen molar-refractivity contribution in [3.8, 4) is 0 Å². The lowest BCUT2D eigenvalue weighted by atomic mass is 10.2. The van der Waals surface area contributed by atoms with Crippen LogP contribution in [0.25, 0.3) is 0 Å². The Morgan fingerprint density at radius 2 is 1.71 bits per heavy atom. The Labute approximate surface area is 124 Å². The van der Waals surface area contributed by atoms with Crippen LogP contribution in [0.1, 0.15) is 17.3 Å². The van der Waals surface area contributed by atoms with Gasteiger partial charge in [-0.15, -0.1) is 0 Å². The van der Waals surface area contributed by atoms with Gasteiger partial charge >= 0.3 is 5.97 Å². The first kappa shape index (κ1) is 15.5. The van der Waals surface area contributed by atoms with Crippen LogP contribution >= 0.6 is 7.37 Å². The van der Waals surface area contributed by atoms with Gasteiger partial charge in [0, 0.05) is 10.6 Å². The van der Waals surface area contributed by atoms with E-state index in [1.807, 2.05) is 18.2 Å². The van der Waals surface area contributed by atoms with E-state index in [2.05, 4.69) is 0 Å². The van der Waals surface area contributed by atoms with Gasteiger partial charge in [0.2, 0.25) is 0 Å². The Kier molecular flexibility index (Phi) is 4.94. The lowest BCUT2D eigenvalue weighted by Gasteiger charge is -2.19. The molecule has 0 saturated carbocycles. The van der Waals surface area contributed by atoms with Crippen molar-refractivity contribution in [1.82, 2.24) is 0 Å². The predicted molar refractivity (Wildman–Crippen MR) is 82.7 cm³/mol. The highest BCUT2D eigenvalue weighted by Crippen LogP contribution is 2.44. The molecule has 2 aromatic rings. The standard InChI is InChI=1S/C16H17O4P/c1-3-20-21(18,14-9-5-4-6-10-14)15-11-7-8-13(12-15)16(17)19-2/h4-12H,3H2,1-2H3. The summed E-state index contributed by atoms with van der Waals surface area (Å²) in [5.41, 5.74) is 0.353. The van der Waals surface area contributed by atoms with Gasteiger partial charge in [-0.3, -0.25) is 4.57 Å². The lowest BCUT2D eigenvalue weighted by molar-refractivity contribution is 0.0601. The molecular formula is C16H17O4P. The van der Waals surface area contributed by atoms with Crippen LogP contribution in [0.15, 0.2) is 54.6 Å². The predicted octanol–water partition coefficient (Wildman–Crippen LogP) is 2.74. The second kappa shape index (κ2) is 6.70. The summed E-state index contributed by atoms with van der Waals surface area (Å²) in [5, 5.41) is 1.09. The van der Waals surface area contributed by atoms with Gasteiger partial charge in [-0.25, -0.2) is 4.79 Å². The van der Waals surface area contributed by atoms with Crippen LogP contribution in [0.5, 0.6) is 0 Å². The van der Waals surface area contributed by atoms with E-state index in [1.54, 1.807) is 43.3 Å². The lowest BCUT2D eigenvalue weighted by Crippen LogP contribution is -2.19. The zero-order chi connectivity index (χ0) is 15.3. The van der Waals surface area contributed by atoms with Crippen molar-refractivity contribution in [1.29, 1.82) is 0 Å². The van der Waals surface area contributed by atoms with Crippen molar-refractivity contribution >= 4 is 23.9 Å². The molecular weight excluding hydrogens is 287 g/mol. The number of methoxy groups -OCH3 is 1. The maximum atomic E-state index is 13.3. The smallest absolute Gasteiger partial charge is 0.337 e. The van der Waals surface area contributed by atoms with Crippen LogP contribution in [0.3, 0.4) is 0 Å². The molecule has 0 spiro atoms. The maximum absolute atomic E-state index is 13.3. The summed E-state index contributed by atoms with van der Waals surface area (Å²) in [6.45, 7) is 2.11. The van der Waals surface area contributed by atoms with E-state index in [0.29, 0.717) is 22.8 Å². The van der Waals surface area contributed by atoms with Gasteiger partial charge in [-0.05, 0) is 37.3 Å². The number of esters is 1. The Bertz CT molecular complexity index is 667. The summed E-state index contributed by atoms with van der Waals surface area (Å²) in [5.74, 6) is -0.465. The number of benzene rings is 2. The summed E-state index contributed by atoms with van der Waals surface area (Å²) in [7, 11) is -1.90. The highest BCUT2D eigenvalue weighted by molar-refractivity contribution is 7.74. The molecule has 1 unspecified atom stereocenters. The minimum absolute atomic E-state index is 0.314. The van der Waals surface area contributed by atoms with Crippen molar-refractivity contribution in [2.45, 2.75) is 6.92 Å². The van der Waals surface area contributed by atoms with E-state index >= 15 is 0 Å². The molecule has 5 heteroatoms. The summed E-state index contributed by atoms with van der Waals surface area (Å²) in [6, 6.07) is 15.6. The Balaban J connectivity index is 2.53. The molecule has 0 N–H and O–H groups in total. The van der Waals surface area contributed by atoms with Crippen molar-refractivity contribution in [3.05, 3.63) is 60.2 Å². The van der Waals surface area contributed by atoms with E-state index in [9.17, 15) is 9.36 Å². The topological polar surface area (TPSA) is 52.6 Å². The fourth-order valence-corrected chi connectivity index (χ4v) is 4.15. The maximum Gasteiger partial charge on any atom is 0.337 e. The molecule has 2 rings (SSSR count). The Hall–Kier alpha value is -1.90. The first-order valence-electron chi connectivity index (χ1n) is 6.61. The minimum Gasteiger partial charge on any atom is -0.465 e. The zero-order valence-corrected chi connectivity index (χ0v) is 12.9. The van der Waals surface area contributed by atoms with E-state index < -0.39 is 13.3 Å². The van der Waals surface area contributed by atoms with E-state index in [4.69, 9.17) is 9.26 Å². The number of ether oxygens (including phenoxy) is 1. The zero-order valence-electron chi connectivity index (χ0n) is 12.0. The molecule has 0 radical (unpaired) electrons. The normalized spacial score (nSPS) is 13.4. The summed E-state index contributed by atoms with van der Waals surface area (Å²) in [6.07, 6.45) is 0. The van der Waals surface area contributed by atoms with Gasteiger partial charge in [-0.1, -0.05) is 24.3 Å². The fourth-order valence-electron chi connectivity index (χ4n) is 2.04. The monoisotopic (exact) mass is 304 g/mol. The molecule has 1 atom stereocenters. The Morgan fingerprint density at radius 1 is 1.05 bits per heavy atom. The molecule has 2 aromatic carbocycles. The summed E-state index contributed by atoms with van der Waals surface area (Å²) < 4.78 is 23.6. The molecule has 0 aromatic heterocycles. The second-order valence-corrected chi connectivity index (χ2v) is 6.74. The highest BCUT2D eigenvalue weighted by atomic mass is 31.2. The second-order valence-electron chi connectivity index (χ2n) is 4.35. The third-order valence-corrected chi connectivity index (χ3v) is 5.57. The van der Waals surface area contributed by atoms with Crippen LogP contribution in [0.2, 0.25) is 0 Å².